The molecule has 0 amide bonds. The Balaban J connectivity index is 0.00000180. The fourth-order valence-corrected chi connectivity index (χ4v) is 2.59. The van der Waals surface area contributed by atoms with Crippen molar-refractivity contribution in [3.05, 3.63) is 40.6 Å². The molecule has 0 bridgehead atoms. The van der Waals surface area contributed by atoms with Gasteiger partial charge in [-0.2, -0.15) is 0 Å². The lowest BCUT2D eigenvalue weighted by Gasteiger charge is -2.33. The Morgan fingerprint density at radius 2 is 1.95 bits per heavy atom. The highest BCUT2D eigenvalue weighted by atomic mass is 79.9. The van der Waals surface area contributed by atoms with E-state index >= 15 is 0 Å². The van der Waals surface area contributed by atoms with E-state index in [1.165, 1.54) is 6.07 Å². The fraction of sp³-hybridized carbons (Fsp3) is 0.385. The summed E-state index contributed by atoms with van der Waals surface area (Å²) in [6.45, 7) is 7.40. The second-order valence-electron chi connectivity index (χ2n) is 4.27. The van der Waals surface area contributed by atoms with Crippen LogP contribution in [-0.4, -0.2) is 36.2 Å². The molecule has 0 aromatic heterocycles. The van der Waals surface area contributed by atoms with Gasteiger partial charge in [0.05, 0.1) is 10.5 Å². The number of rotatable bonds is 3. The average Bonchev–Trinajstić information content (AvgIpc) is 2.41. The van der Waals surface area contributed by atoms with Crippen LogP contribution < -0.4 is 5.32 Å². The van der Waals surface area contributed by atoms with E-state index in [1.54, 1.807) is 12.1 Å². The number of nitrogens with zero attached hydrogens (tertiary/aromatic N) is 1. The number of phenols is 1. The first-order chi connectivity index (χ1) is 8.65. The van der Waals surface area contributed by atoms with Crippen LogP contribution >= 0.6 is 40.7 Å². The monoisotopic (exact) mass is 386 g/mol. The van der Waals surface area contributed by atoms with Crippen molar-refractivity contribution in [1.29, 1.82) is 0 Å². The summed E-state index contributed by atoms with van der Waals surface area (Å²) in [7, 11) is 0. The largest absolute Gasteiger partial charge is 0.506 e. The number of aromatic hydroxyl groups is 1. The van der Waals surface area contributed by atoms with Crippen LogP contribution in [0.4, 0.5) is 4.39 Å². The van der Waals surface area contributed by atoms with E-state index in [9.17, 15) is 9.50 Å². The summed E-state index contributed by atoms with van der Waals surface area (Å²) in [5.74, 6) is -0.502. The molecule has 1 atom stereocenters. The van der Waals surface area contributed by atoms with Crippen LogP contribution in [0.1, 0.15) is 11.6 Å². The molecule has 7 heteroatoms. The van der Waals surface area contributed by atoms with Crippen molar-refractivity contribution in [3.63, 3.8) is 0 Å². The zero-order valence-electron chi connectivity index (χ0n) is 10.8. The molecular weight excluding hydrogens is 370 g/mol. The standard InChI is InChI=1S/C13H16BrFN2O.2ClH/c1-2-11(17-7-5-16-6-8-17)9-3-4-10(15)12(14)13(9)18;;/h2-4,11,16,18H,1,5-8H2;2*1H/t11-;;/m0../s1. The number of piperazine rings is 1. The SMILES string of the molecule is C=C[C@@H](c1ccc(F)c(Br)c1O)N1CCNCC1.Cl.Cl. The molecule has 0 spiro atoms. The summed E-state index contributed by atoms with van der Waals surface area (Å²) in [5, 5.41) is 13.3. The Hall–Kier alpha value is -0.330. The van der Waals surface area contributed by atoms with Gasteiger partial charge >= 0.3 is 0 Å². The molecule has 0 aliphatic carbocycles. The van der Waals surface area contributed by atoms with Crippen molar-refractivity contribution < 1.29 is 9.50 Å². The third kappa shape index (κ3) is 4.09. The molecule has 20 heavy (non-hydrogen) atoms. The van der Waals surface area contributed by atoms with Crippen molar-refractivity contribution in [2.45, 2.75) is 6.04 Å². The Labute approximate surface area is 139 Å². The zero-order valence-corrected chi connectivity index (χ0v) is 14.0. The van der Waals surface area contributed by atoms with Gasteiger partial charge in [-0.25, -0.2) is 4.39 Å². The predicted octanol–water partition coefficient (Wildman–Crippen LogP) is 3.27. The van der Waals surface area contributed by atoms with Crippen molar-refractivity contribution >= 4 is 40.7 Å². The van der Waals surface area contributed by atoms with Gasteiger partial charge in [-0.3, -0.25) is 4.90 Å². The summed E-state index contributed by atoms with van der Waals surface area (Å²) < 4.78 is 13.4. The van der Waals surface area contributed by atoms with Crippen LogP contribution in [0.2, 0.25) is 0 Å². The van der Waals surface area contributed by atoms with Crippen LogP contribution in [-0.2, 0) is 0 Å². The molecule has 3 nitrogen and oxygen atoms in total. The van der Waals surface area contributed by atoms with E-state index in [0.717, 1.165) is 26.2 Å². The normalized spacial score (nSPS) is 16.7. The third-order valence-electron chi connectivity index (χ3n) is 3.19. The van der Waals surface area contributed by atoms with E-state index in [1.807, 2.05) is 0 Å². The third-order valence-corrected chi connectivity index (χ3v) is 3.94. The maximum absolute atomic E-state index is 13.3. The van der Waals surface area contributed by atoms with E-state index in [0.29, 0.717) is 5.56 Å². The number of hydrogen-bond donors (Lipinski definition) is 2. The number of halogens is 4. The predicted molar refractivity (Wildman–Crippen MR) is 87.6 cm³/mol. The zero-order chi connectivity index (χ0) is 13.1. The second kappa shape index (κ2) is 8.85. The molecule has 2 rings (SSSR count). The maximum atomic E-state index is 13.3. The van der Waals surface area contributed by atoms with Gasteiger partial charge in [0, 0.05) is 31.7 Å². The van der Waals surface area contributed by atoms with Gasteiger partial charge < -0.3 is 10.4 Å². The van der Waals surface area contributed by atoms with Crippen LogP contribution in [0.3, 0.4) is 0 Å². The lowest BCUT2D eigenvalue weighted by atomic mass is 10.0. The second-order valence-corrected chi connectivity index (χ2v) is 5.06. The fourth-order valence-electron chi connectivity index (χ4n) is 2.23. The first-order valence-corrected chi connectivity index (χ1v) is 6.68. The first-order valence-electron chi connectivity index (χ1n) is 5.89. The molecule has 1 heterocycles. The molecule has 1 aliphatic rings. The summed E-state index contributed by atoms with van der Waals surface area (Å²) in [6.07, 6.45) is 1.78. The van der Waals surface area contributed by atoms with Gasteiger partial charge in [0.25, 0.3) is 0 Å². The molecule has 114 valence electrons. The number of nitrogens with one attached hydrogen (secondary N) is 1. The van der Waals surface area contributed by atoms with Gasteiger partial charge in [-0.15, -0.1) is 31.4 Å². The number of hydrogen-bond acceptors (Lipinski definition) is 3. The molecule has 1 saturated heterocycles. The summed E-state index contributed by atoms with van der Waals surface area (Å²) >= 11 is 3.06. The van der Waals surface area contributed by atoms with Crippen LogP contribution in [0.5, 0.6) is 5.75 Å². The lowest BCUT2D eigenvalue weighted by Crippen LogP contribution is -2.44. The molecule has 1 aromatic carbocycles. The van der Waals surface area contributed by atoms with Crippen molar-refractivity contribution in [1.82, 2.24) is 10.2 Å². The maximum Gasteiger partial charge on any atom is 0.141 e. The highest BCUT2D eigenvalue weighted by Crippen LogP contribution is 2.36. The summed E-state index contributed by atoms with van der Waals surface area (Å²) in [4.78, 5) is 2.21. The minimum Gasteiger partial charge on any atom is -0.506 e. The summed E-state index contributed by atoms with van der Waals surface area (Å²) in [5.41, 5.74) is 0.681. The van der Waals surface area contributed by atoms with Gasteiger partial charge in [-0.05, 0) is 22.0 Å². The van der Waals surface area contributed by atoms with E-state index < -0.39 is 5.82 Å². The van der Waals surface area contributed by atoms with Crippen LogP contribution in [0.25, 0.3) is 0 Å². The molecule has 1 aliphatic heterocycles. The van der Waals surface area contributed by atoms with Crippen molar-refractivity contribution in [2.24, 2.45) is 0 Å². The summed E-state index contributed by atoms with van der Waals surface area (Å²) in [6, 6.07) is 2.88. The Morgan fingerprint density at radius 1 is 1.35 bits per heavy atom. The highest BCUT2D eigenvalue weighted by Gasteiger charge is 2.23. The smallest absolute Gasteiger partial charge is 0.141 e. The van der Waals surface area contributed by atoms with Crippen molar-refractivity contribution in [2.75, 3.05) is 26.2 Å². The van der Waals surface area contributed by atoms with Gasteiger partial charge in [0.1, 0.15) is 11.6 Å². The number of phenolic OH excluding ortho intramolecular Hbond substituents is 1. The molecule has 0 radical (unpaired) electrons. The van der Waals surface area contributed by atoms with Crippen LogP contribution in [0.15, 0.2) is 29.3 Å². The lowest BCUT2D eigenvalue weighted by molar-refractivity contribution is 0.200. The number of benzene rings is 1. The molecular formula is C13H18BrCl2FN2O. The molecule has 1 fully saturated rings. The quantitative estimate of drug-likeness (QED) is 0.781. The molecule has 2 N–H and O–H groups in total. The highest BCUT2D eigenvalue weighted by molar-refractivity contribution is 9.10. The van der Waals surface area contributed by atoms with E-state index in [2.05, 4.69) is 32.7 Å². The average molecular weight is 388 g/mol. The molecule has 0 unspecified atom stereocenters. The van der Waals surface area contributed by atoms with Gasteiger partial charge in [0.2, 0.25) is 0 Å². The minimum absolute atomic E-state index is 0. The van der Waals surface area contributed by atoms with Crippen LogP contribution in [0, 0.1) is 5.82 Å². The van der Waals surface area contributed by atoms with Gasteiger partial charge in [-0.1, -0.05) is 12.1 Å². The Bertz CT molecular complexity index is 456. The van der Waals surface area contributed by atoms with E-state index in [-0.39, 0.29) is 41.1 Å². The van der Waals surface area contributed by atoms with Crippen molar-refractivity contribution in [3.8, 4) is 5.75 Å². The van der Waals surface area contributed by atoms with E-state index in [4.69, 9.17) is 0 Å². The molecule has 1 aromatic rings. The first kappa shape index (κ1) is 19.7. The van der Waals surface area contributed by atoms with Gasteiger partial charge in [0.15, 0.2) is 0 Å². The Morgan fingerprint density at radius 3 is 2.50 bits per heavy atom. The Kier molecular flexibility index (Phi) is 8.70. The topological polar surface area (TPSA) is 35.5 Å². The molecule has 0 saturated carbocycles. The minimum atomic E-state index is -0.459.